The van der Waals surface area contributed by atoms with Gasteiger partial charge in [-0.1, -0.05) is 6.92 Å². The van der Waals surface area contributed by atoms with Gasteiger partial charge >= 0.3 is 0 Å². The summed E-state index contributed by atoms with van der Waals surface area (Å²) in [4.78, 5) is 0. The van der Waals surface area contributed by atoms with Gasteiger partial charge in [-0.3, -0.25) is 5.43 Å². The zero-order valence-electron chi connectivity index (χ0n) is 9.95. The standard InChI is InChI=1S/C11H9N7S/c1-7-8(2-17-18-9(16)19)11(5-14,6-15)10(7,3-12)4-13/h2,7-8H,1H3,(H3,16,18,19)/b17-2+. The van der Waals surface area contributed by atoms with Crippen molar-refractivity contribution in [3.8, 4) is 24.3 Å². The van der Waals surface area contributed by atoms with Crippen molar-refractivity contribution in [3.63, 3.8) is 0 Å². The number of hydrogen-bond donors (Lipinski definition) is 2. The molecule has 19 heavy (non-hydrogen) atoms. The number of nitrogens with zero attached hydrogens (tertiary/aromatic N) is 5. The van der Waals surface area contributed by atoms with Crippen LogP contribution in [0.1, 0.15) is 6.92 Å². The summed E-state index contributed by atoms with van der Waals surface area (Å²) in [6.07, 6.45) is 1.29. The Labute approximate surface area is 115 Å². The zero-order chi connectivity index (χ0) is 14.7. The quantitative estimate of drug-likeness (QED) is 0.412. The van der Waals surface area contributed by atoms with Crippen LogP contribution in [-0.4, -0.2) is 11.3 Å². The Kier molecular flexibility index (Phi) is 3.71. The van der Waals surface area contributed by atoms with Crippen molar-refractivity contribution in [1.82, 2.24) is 5.43 Å². The van der Waals surface area contributed by atoms with E-state index in [9.17, 15) is 10.5 Å². The summed E-state index contributed by atoms with van der Waals surface area (Å²) in [6, 6.07) is 7.17. The fourth-order valence-electron chi connectivity index (χ4n) is 2.35. The molecule has 1 rings (SSSR count). The molecule has 94 valence electrons. The smallest absolute Gasteiger partial charge is 0.184 e. The molecule has 1 aliphatic rings. The minimum Gasteiger partial charge on any atom is -0.375 e. The lowest BCUT2D eigenvalue weighted by Gasteiger charge is -2.52. The van der Waals surface area contributed by atoms with E-state index in [0.717, 1.165) is 0 Å². The minimum atomic E-state index is -1.74. The third-order valence-electron chi connectivity index (χ3n) is 3.46. The van der Waals surface area contributed by atoms with Crippen LogP contribution in [0.3, 0.4) is 0 Å². The average molecular weight is 271 g/mol. The Morgan fingerprint density at radius 1 is 1.21 bits per heavy atom. The van der Waals surface area contributed by atoms with Gasteiger partial charge in [-0.2, -0.15) is 26.1 Å². The van der Waals surface area contributed by atoms with Gasteiger partial charge in [-0.05, 0) is 12.2 Å². The van der Waals surface area contributed by atoms with Crippen LogP contribution in [0.2, 0.25) is 0 Å². The number of hydrogen-bond acceptors (Lipinski definition) is 6. The first-order valence-electron chi connectivity index (χ1n) is 5.19. The highest BCUT2D eigenvalue weighted by atomic mass is 32.1. The summed E-state index contributed by atoms with van der Waals surface area (Å²) < 4.78 is 0. The SMILES string of the molecule is CC1C(/C=N/NC(N)=S)C(C#N)(C#N)C1(C#N)C#N. The molecule has 1 fully saturated rings. The van der Waals surface area contributed by atoms with E-state index in [1.54, 1.807) is 31.2 Å². The Hall–Kier alpha value is -2.68. The topological polar surface area (TPSA) is 146 Å². The van der Waals surface area contributed by atoms with E-state index in [1.807, 2.05) is 0 Å². The molecule has 8 heteroatoms. The highest BCUT2D eigenvalue weighted by molar-refractivity contribution is 7.80. The van der Waals surface area contributed by atoms with Crippen LogP contribution in [0.5, 0.6) is 0 Å². The molecule has 2 unspecified atom stereocenters. The molecule has 0 heterocycles. The number of hydrazone groups is 1. The monoisotopic (exact) mass is 271 g/mol. The van der Waals surface area contributed by atoms with E-state index in [1.165, 1.54) is 6.21 Å². The van der Waals surface area contributed by atoms with Crippen molar-refractivity contribution in [3.05, 3.63) is 0 Å². The van der Waals surface area contributed by atoms with Crippen LogP contribution in [0.25, 0.3) is 0 Å². The molecule has 0 bridgehead atoms. The molecule has 0 radical (unpaired) electrons. The first-order valence-corrected chi connectivity index (χ1v) is 5.60. The molecule has 0 aromatic rings. The number of nitriles is 4. The van der Waals surface area contributed by atoms with Crippen LogP contribution in [0.15, 0.2) is 5.10 Å². The van der Waals surface area contributed by atoms with Gasteiger partial charge in [0.25, 0.3) is 0 Å². The van der Waals surface area contributed by atoms with E-state index < -0.39 is 22.7 Å². The van der Waals surface area contributed by atoms with E-state index in [-0.39, 0.29) is 5.11 Å². The lowest BCUT2D eigenvalue weighted by molar-refractivity contribution is 0.00283. The predicted molar refractivity (Wildman–Crippen MR) is 68.4 cm³/mol. The first kappa shape index (κ1) is 14.4. The maximum Gasteiger partial charge on any atom is 0.184 e. The molecular formula is C11H9N7S. The Morgan fingerprint density at radius 2 is 1.68 bits per heavy atom. The lowest BCUT2D eigenvalue weighted by Crippen LogP contribution is -2.63. The van der Waals surface area contributed by atoms with Gasteiger partial charge in [0.05, 0.1) is 24.3 Å². The largest absolute Gasteiger partial charge is 0.375 e. The Balaban J connectivity index is 3.19. The minimum absolute atomic E-state index is 0.0606. The van der Waals surface area contributed by atoms with E-state index in [2.05, 4.69) is 22.7 Å². The molecule has 1 aliphatic carbocycles. The summed E-state index contributed by atoms with van der Waals surface area (Å²) >= 11 is 4.55. The molecule has 0 aromatic heterocycles. The molecule has 1 saturated carbocycles. The van der Waals surface area contributed by atoms with Crippen LogP contribution in [-0.2, 0) is 0 Å². The highest BCUT2D eigenvalue weighted by Crippen LogP contribution is 2.62. The number of rotatable bonds is 2. The third-order valence-corrected chi connectivity index (χ3v) is 3.55. The van der Waals surface area contributed by atoms with Crippen molar-refractivity contribution in [1.29, 1.82) is 21.0 Å². The van der Waals surface area contributed by atoms with Gasteiger partial charge in [0.2, 0.25) is 0 Å². The fourth-order valence-corrected chi connectivity index (χ4v) is 2.40. The summed E-state index contributed by atoms with van der Waals surface area (Å²) in [7, 11) is 0. The number of nitrogens with one attached hydrogen (secondary N) is 1. The molecule has 3 N–H and O–H groups in total. The van der Waals surface area contributed by atoms with Gasteiger partial charge in [0, 0.05) is 18.1 Å². The van der Waals surface area contributed by atoms with Crippen molar-refractivity contribution in [2.75, 3.05) is 0 Å². The molecular weight excluding hydrogens is 262 g/mol. The lowest BCUT2D eigenvalue weighted by atomic mass is 9.40. The van der Waals surface area contributed by atoms with Crippen molar-refractivity contribution in [2.24, 2.45) is 33.5 Å². The number of nitrogens with two attached hydrogens (primary N) is 1. The zero-order valence-corrected chi connectivity index (χ0v) is 10.8. The number of thiocarbonyl (C=S) groups is 1. The van der Waals surface area contributed by atoms with Gasteiger partial charge in [0.15, 0.2) is 15.9 Å². The van der Waals surface area contributed by atoms with Gasteiger partial charge < -0.3 is 5.73 Å². The van der Waals surface area contributed by atoms with Crippen molar-refractivity contribution < 1.29 is 0 Å². The second-order valence-electron chi connectivity index (χ2n) is 4.13. The normalized spacial score (nSPS) is 25.9. The van der Waals surface area contributed by atoms with Crippen LogP contribution in [0.4, 0.5) is 0 Å². The van der Waals surface area contributed by atoms with Gasteiger partial charge in [-0.15, -0.1) is 0 Å². The second kappa shape index (κ2) is 4.90. The summed E-state index contributed by atoms with van der Waals surface area (Å²) in [5, 5.41) is 40.4. The van der Waals surface area contributed by atoms with Crippen LogP contribution in [0, 0.1) is 68.0 Å². The average Bonchev–Trinajstić information content (AvgIpc) is 2.40. The van der Waals surface area contributed by atoms with E-state index in [4.69, 9.17) is 16.3 Å². The van der Waals surface area contributed by atoms with Gasteiger partial charge in [0.1, 0.15) is 0 Å². The molecule has 0 spiro atoms. The molecule has 2 atom stereocenters. The molecule has 0 aliphatic heterocycles. The van der Waals surface area contributed by atoms with Crippen LogP contribution < -0.4 is 11.2 Å². The molecule has 0 amide bonds. The third kappa shape index (κ3) is 1.67. The first-order chi connectivity index (χ1) is 8.95. The van der Waals surface area contributed by atoms with Crippen molar-refractivity contribution in [2.45, 2.75) is 6.92 Å². The predicted octanol–water partition coefficient (Wildman–Crippen LogP) is 0.138. The maximum absolute atomic E-state index is 9.22. The molecule has 7 nitrogen and oxygen atoms in total. The molecule has 0 saturated heterocycles. The fraction of sp³-hybridized carbons (Fsp3) is 0.455. The summed E-state index contributed by atoms with van der Waals surface area (Å²) in [6.45, 7) is 1.62. The summed E-state index contributed by atoms with van der Waals surface area (Å²) in [5.41, 5.74) is 4.10. The van der Waals surface area contributed by atoms with Crippen molar-refractivity contribution >= 4 is 23.5 Å². The highest BCUT2D eigenvalue weighted by Gasteiger charge is 2.73. The summed E-state index contributed by atoms with van der Waals surface area (Å²) in [5.74, 6) is -1.15. The van der Waals surface area contributed by atoms with E-state index >= 15 is 0 Å². The van der Waals surface area contributed by atoms with Crippen LogP contribution >= 0.6 is 12.2 Å². The Bertz CT molecular complexity index is 566. The maximum atomic E-state index is 9.22. The Morgan fingerprint density at radius 3 is 2.05 bits per heavy atom. The van der Waals surface area contributed by atoms with Gasteiger partial charge in [-0.25, -0.2) is 0 Å². The van der Waals surface area contributed by atoms with E-state index in [0.29, 0.717) is 0 Å². The molecule has 0 aromatic carbocycles. The second-order valence-corrected chi connectivity index (χ2v) is 4.57.